The smallest absolute Gasteiger partial charge is 0.224 e. The Morgan fingerprint density at radius 1 is 1.68 bits per heavy atom. The third-order valence-corrected chi connectivity index (χ3v) is 3.42. The zero-order chi connectivity index (χ0) is 13.8. The lowest BCUT2D eigenvalue weighted by molar-refractivity contribution is -0.121. The fourth-order valence-corrected chi connectivity index (χ4v) is 2.30. The molecule has 1 fully saturated rings. The summed E-state index contributed by atoms with van der Waals surface area (Å²) in [4.78, 5) is 21.7. The fraction of sp³-hybridized carbons (Fsp3) is 0.583. The van der Waals surface area contributed by atoms with Gasteiger partial charge in [0.15, 0.2) is 5.82 Å². The molecule has 7 heteroatoms. The predicted molar refractivity (Wildman–Crippen MR) is 75.3 cm³/mol. The molecule has 0 aliphatic carbocycles. The summed E-state index contributed by atoms with van der Waals surface area (Å²) in [6.45, 7) is 4.18. The van der Waals surface area contributed by atoms with Crippen molar-refractivity contribution in [3.63, 3.8) is 0 Å². The maximum absolute atomic E-state index is 11.2. The van der Waals surface area contributed by atoms with Crippen LogP contribution in [0.15, 0.2) is 6.20 Å². The van der Waals surface area contributed by atoms with Crippen LogP contribution in [-0.2, 0) is 4.79 Å². The number of nitrogens with one attached hydrogen (secondary N) is 1. The molecule has 1 aromatic heterocycles. The first-order valence-electron chi connectivity index (χ1n) is 6.42. The maximum Gasteiger partial charge on any atom is 0.224 e. The zero-order valence-electron chi connectivity index (χ0n) is 10.9. The Morgan fingerprint density at radius 3 is 3.11 bits per heavy atom. The van der Waals surface area contributed by atoms with Crippen LogP contribution in [-0.4, -0.2) is 35.5 Å². The third-order valence-electron chi connectivity index (χ3n) is 3.15. The summed E-state index contributed by atoms with van der Waals surface area (Å²) in [7, 11) is 0. The Morgan fingerprint density at radius 2 is 2.47 bits per heavy atom. The van der Waals surface area contributed by atoms with E-state index in [1.807, 2.05) is 4.90 Å². The van der Waals surface area contributed by atoms with Crippen LogP contribution in [0.2, 0.25) is 5.02 Å². The number of carbonyl (C=O) groups is 1. The Labute approximate surface area is 117 Å². The molecule has 0 saturated carbocycles. The van der Waals surface area contributed by atoms with E-state index in [1.165, 1.54) is 0 Å². The van der Waals surface area contributed by atoms with Crippen molar-refractivity contribution in [1.29, 1.82) is 0 Å². The minimum absolute atomic E-state index is 0.127. The van der Waals surface area contributed by atoms with Crippen molar-refractivity contribution in [2.24, 2.45) is 11.7 Å². The summed E-state index contributed by atoms with van der Waals surface area (Å²) >= 11 is 6.13. The molecule has 1 amide bonds. The number of halogens is 1. The molecule has 0 aromatic carbocycles. The first-order chi connectivity index (χ1) is 9.11. The van der Waals surface area contributed by atoms with Crippen molar-refractivity contribution in [3.05, 3.63) is 11.2 Å². The number of amides is 1. The number of primary amides is 1. The molecule has 104 valence electrons. The van der Waals surface area contributed by atoms with Crippen LogP contribution in [0.5, 0.6) is 0 Å². The molecule has 19 heavy (non-hydrogen) atoms. The van der Waals surface area contributed by atoms with E-state index in [0.717, 1.165) is 25.9 Å². The monoisotopic (exact) mass is 283 g/mol. The molecule has 1 aliphatic heterocycles. The van der Waals surface area contributed by atoms with Gasteiger partial charge in [-0.15, -0.1) is 0 Å². The minimum atomic E-state index is -0.267. The van der Waals surface area contributed by atoms with Crippen molar-refractivity contribution in [2.75, 3.05) is 29.9 Å². The lowest BCUT2D eigenvalue weighted by Crippen LogP contribution is -2.28. The highest BCUT2D eigenvalue weighted by molar-refractivity contribution is 6.32. The number of nitrogens with two attached hydrogens (primary N) is 1. The molecule has 0 radical (unpaired) electrons. The van der Waals surface area contributed by atoms with Crippen LogP contribution in [0, 0.1) is 5.92 Å². The summed E-state index contributed by atoms with van der Waals surface area (Å²) in [6.07, 6.45) is 3.32. The summed E-state index contributed by atoms with van der Waals surface area (Å²) in [6, 6.07) is 0. The van der Waals surface area contributed by atoms with Crippen LogP contribution in [0.4, 0.5) is 11.8 Å². The summed E-state index contributed by atoms with van der Waals surface area (Å²) in [5, 5.41) is 3.61. The van der Waals surface area contributed by atoms with E-state index in [9.17, 15) is 4.79 Å². The maximum atomic E-state index is 11.2. The Kier molecular flexibility index (Phi) is 4.42. The SMILES string of the molecule is CCCNc1ncc(Cl)c(N2CCC(C(N)=O)C2)n1. The lowest BCUT2D eigenvalue weighted by Gasteiger charge is -2.18. The van der Waals surface area contributed by atoms with Crippen LogP contribution in [0.3, 0.4) is 0 Å². The van der Waals surface area contributed by atoms with Crippen LogP contribution >= 0.6 is 11.6 Å². The van der Waals surface area contributed by atoms with Crippen molar-refractivity contribution in [1.82, 2.24) is 9.97 Å². The van der Waals surface area contributed by atoms with E-state index in [0.29, 0.717) is 23.3 Å². The van der Waals surface area contributed by atoms with E-state index >= 15 is 0 Å². The Bertz CT molecular complexity index is 467. The van der Waals surface area contributed by atoms with Crippen molar-refractivity contribution in [2.45, 2.75) is 19.8 Å². The molecule has 0 spiro atoms. The summed E-state index contributed by atoms with van der Waals surface area (Å²) < 4.78 is 0. The van der Waals surface area contributed by atoms with Crippen molar-refractivity contribution >= 4 is 29.3 Å². The third kappa shape index (κ3) is 3.26. The first-order valence-corrected chi connectivity index (χ1v) is 6.80. The van der Waals surface area contributed by atoms with Gasteiger partial charge in [-0.25, -0.2) is 4.98 Å². The molecule has 6 nitrogen and oxygen atoms in total. The second-order valence-corrected chi connectivity index (χ2v) is 5.03. The Hall–Kier alpha value is -1.56. The molecular formula is C12H18ClN5O. The Balaban J connectivity index is 2.13. The molecule has 2 heterocycles. The number of hydrogen-bond acceptors (Lipinski definition) is 5. The quantitative estimate of drug-likeness (QED) is 0.850. The van der Waals surface area contributed by atoms with Gasteiger partial charge in [0.05, 0.1) is 12.1 Å². The highest BCUT2D eigenvalue weighted by atomic mass is 35.5. The average Bonchev–Trinajstić information content (AvgIpc) is 2.87. The minimum Gasteiger partial charge on any atom is -0.369 e. The van der Waals surface area contributed by atoms with Gasteiger partial charge in [-0.05, 0) is 12.8 Å². The largest absolute Gasteiger partial charge is 0.369 e. The van der Waals surface area contributed by atoms with E-state index < -0.39 is 0 Å². The van der Waals surface area contributed by atoms with Gasteiger partial charge in [0.1, 0.15) is 5.02 Å². The molecule has 1 aromatic rings. The topological polar surface area (TPSA) is 84.1 Å². The van der Waals surface area contributed by atoms with E-state index in [4.69, 9.17) is 17.3 Å². The number of rotatable bonds is 5. The van der Waals surface area contributed by atoms with Gasteiger partial charge in [-0.2, -0.15) is 4.98 Å². The van der Waals surface area contributed by atoms with Gasteiger partial charge in [0, 0.05) is 19.6 Å². The molecule has 3 N–H and O–H groups in total. The van der Waals surface area contributed by atoms with Gasteiger partial charge in [0.2, 0.25) is 11.9 Å². The molecule has 0 bridgehead atoms. The van der Waals surface area contributed by atoms with Gasteiger partial charge in [-0.1, -0.05) is 18.5 Å². The predicted octanol–water partition coefficient (Wildman–Crippen LogP) is 1.26. The molecule has 2 rings (SSSR count). The van der Waals surface area contributed by atoms with E-state index in [1.54, 1.807) is 6.20 Å². The average molecular weight is 284 g/mol. The lowest BCUT2D eigenvalue weighted by atomic mass is 10.1. The van der Waals surface area contributed by atoms with Crippen LogP contribution in [0.1, 0.15) is 19.8 Å². The van der Waals surface area contributed by atoms with Gasteiger partial charge in [-0.3, -0.25) is 4.79 Å². The second-order valence-electron chi connectivity index (χ2n) is 4.63. The van der Waals surface area contributed by atoms with Crippen LogP contribution < -0.4 is 16.0 Å². The number of nitrogens with zero attached hydrogens (tertiary/aromatic N) is 3. The molecule has 1 aliphatic rings. The number of anilines is 2. The molecule has 1 saturated heterocycles. The molecular weight excluding hydrogens is 266 g/mol. The number of aromatic nitrogens is 2. The summed E-state index contributed by atoms with van der Waals surface area (Å²) in [5.41, 5.74) is 5.33. The summed E-state index contributed by atoms with van der Waals surface area (Å²) in [5.74, 6) is 0.831. The van der Waals surface area contributed by atoms with Gasteiger partial charge in [0.25, 0.3) is 0 Å². The van der Waals surface area contributed by atoms with Gasteiger partial charge >= 0.3 is 0 Å². The molecule has 1 unspecified atom stereocenters. The zero-order valence-corrected chi connectivity index (χ0v) is 11.7. The van der Waals surface area contributed by atoms with E-state index in [2.05, 4.69) is 22.2 Å². The highest BCUT2D eigenvalue weighted by Crippen LogP contribution is 2.28. The second kappa shape index (κ2) is 6.06. The molecule has 1 atom stereocenters. The normalized spacial score (nSPS) is 18.6. The van der Waals surface area contributed by atoms with Crippen LogP contribution in [0.25, 0.3) is 0 Å². The fourth-order valence-electron chi connectivity index (χ4n) is 2.09. The van der Waals surface area contributed by atoms with Crippen molar-refractivity contribution in [3.8, 4) is 0 Å². The first kappa shape index (κ1) is 13.9. The van der Waals surface area contributed by atoms with E-state index in [-0.39, 0.29) is 11.8 Å². The van der Waals surface area contributed by atoms with Gasteiger partial charge < -0.3 is 16.0 Å². The standard InChI is InChI=1S/C12H18ClN5O/c1-2-4-15-12-16-6-9(13)11(17-12)18-5-3-8(7-18)10(14)19/h6,8H,2-5,7H2,1H3,(H2,14,19)(H,15,16,17). The van der Waals surface area contributed by atoms with Crippen molar-refractivity contribution < 1.29 is 4.79 Å². The number of carbonyl (C=O) groups excluding carboxylic acids is 1. The highest BCUT2D eigenvalue weighted by Gasteiger charge is 2.28. The number of hydrogen-bond donors (Lipinski definition) is 2.